The number of hydrogen-bond donors (Lipinski definition) is 3. The van der Waals surface area contributed by atoms with Gasteiger partial charge in [0, 0.05) is 18.8 Å². The molecule has 13 heteroatoms. The molecular formula is C48H88NO11P. The molecule has 0 spiro atoms. The number of rotatable bonds is 39. The average molecular weight is 886 g/mol. The van der Waals surface area contributed by atoms with E-state index in [2.05, 4.69) is 26.0 Å². The Balaban J connectivity index is 2.48. The number of hydrogen-bond acceptors (Lipinski definition) is 11. The molecule has 0 bridgehead atoms. The van der Waals surface area contributed by atoms with Crippen LogP contribution in [0, 0.1) is 11.8 Å². The van der Waals surface area contributed by atoms with E-state index in [4.69, 9.17) is 18.5 Å². The molecule has 1 aliphatic rings. The molecule has 0 aromatic rings. The number of aliphatic hydroxyl groups excluding tert-OH is 3. The van der Waals surface area contributed by atoms with Crippen molar-refractivity contribution in [3.8, 4) is 0 Å². The monoisotopic (exact) mass is 886 g/mol. The van der Waals surface area contributed by atoms with Gasteiger partial charge in [0.2, 0.25) is 0 Å². The van der Waals surface area contributed by atoms with E-state index < -0.39 is 57.4 Å². The summed E-state index contributed by atoms with van der Waals surface area (Å²) in [4.78, 5) is 37.9. The van der Waals surface area contributed by atoms with Crippen LogP contribution in [0.3, 0.4) is 0 Å². The van der Waals surface area contributed by atoms with Crippen molar-refractivity contribution in [3.63, 3.8) is 0 Å². The summed E-state index contributed by atoms with van der Waals surface area (Å²) in [7, 11) is 0.994. The highest BCUT2D eigenvalue weighted by Crippen LogP contribution is 2.38. The first-order valence-electron chi connectivity index (χ1n) is 24.0. The van der Waals surface area contributed by atoms with Crippen molar-refractivity contribution in [2.75, 3.05) is 47.5 Å². The summed E-state index contributed by atoms with van der Waals surface area (Å²) in [6.07, 6.45) is 33.0. The molecule has 0 amide bonds. The zero-order chi connectivity index (χ0) is 45.2. The van der Waals surface area contributed by atoms with Gasteiger partial charge in [0.25, 0.3) is 7.82 Å². The highest BCUT2D eigenvalue weighted by molar-refractivity contribution is 7.45. The average Bonchev–Trinajstić information content (AvgIpc) is 3.47. The van der Waals surface area contributed by atoms with Crippen molar-refractivity contribution in [2.24, 2.45) is 11.8 Å². The number of likely N-dealkylation sites (N-methyl/N-ethyl adjacent to an activating group) is 1. The summed E-state index contributed by atoms with van der Waals surface area (Å²) in [5.41, 5.74) is 0. The number of phosphoric acid groups is 1. The Bertz CT molecular complexity index is 1250. The van der Waals surface area contributed by atoms with Gasteiger partial charge in [-0.1, -0.05) is 147 Å². The van der Waals surface area contributed by atoms with Gasteiger partial charge in [-0.3, -0.25) is 14.2 Å². The van der Waals surface area contributed by atoms with Gasteiger partial charge in [-0.15, -0.1) is 0 Å². The normalized spacial score (nSPS) is 20.5. The molecule has 1 saturated carbocycles. The van der Waals surface area contributed by atoms with Crippen molar-refractivity contribution in [2.45, 2.75) is 199 Å². The summed E-state index contributed by atoms with van der Waals surface area (Å²) in [5, 5.41) is 31.4. The molecular weight excluding hydrogens is 797 g/mol. The molecule has 7 atom stereocenters. The van der Waals surface area contributed by atoms with Gasteiger partial charge in [-0.05, 0) is 50.9 Å². The largest absolute Gasteiger partial charge is 0.756 e. The highest BCUT2D eigenvalue weighted by Gasteiger charge is 2.39. The van der Waals surface area contributed by atoms with E-state index in [0.717, 1.165) is 38.5 Å². The van der Waals surface area contributed by atoms with Crippen molar-refractivity contribution in [3.05, 3.63) is 36.5 Å². The van der Waals surface area contributed by atoms with E-state index in [1.807, 2.05) is 21.1 Å². The van der Waals surface area contributed by atoms with Crippen LogP contribution in [0.1, 0.15) is 174 Å². The summed E-state index contributed by atoms with van der Waals surface area (Å²) in [6.45, 7) is 3.75. The number of carbonyl (C=O) groups excluding carboxylic acids is 2. The second-order valence-electron chi connectivity index (χ2n) is 18.1. The number of unbranched alkanes of at least 4 members (excludes halogenated alkanes) is 17. The van der Waals surface area contributed by atoms with Gasteiger partial charge in [0.05, 0.1) is 52.5 Å². The van der Waals surface area contributed by atoms with Gasteiger partial charge in [-0.25, -0.2) is 0 Å². The molecule has 3 N–H and O–H groups in total. The maximum atomic E-state index is 12.8. The molecule has 1 aliphatic carbocycles. The Kier molecular flexibility index (Phi) is 33.2. The van der Waals surface area contributed by atoms with E-state index in [9.17, 15) is 34.4 Å². The third-order valence-corrected chi connectivity index (χ3v) is 12.2. The Hall–Kier alpha value is -1.89. The lowest BCUT2D eigenvalue weighted by Gasteiger charge is -2.28. The minimum absolute atomic E-state index is 0.0814. The van der Waals surface area contributed by atoms with Gasteiger partial charge in [-0.2, -0.15) is 0 Å². The minimum atomic E-state index is -4.71. The van der Waals surface area contributed by atoms with E-state index in [0.29, 0.717) is 30.3 Å². The smallest absolute Gasteiger partial charge is 0.309 e. The lowest BCUT2D eigenvalue weighted by molar-refractivity contribution is -0.870. The molecule has 61 heavy (non-hydrogen) atoms. The first kappa shape index (κ1) is 57.1. The molecule has 0 aliphatic heterocycles. The molecule has 1 fully saturated rings. The first-order chi connectivity index (χ1) is 29.2. The number of quaternary nitrogens is 1. The van der Waals surface area contributed by atoms with Crippen LogP contribution < -0.4 is 4.89 Å². The van der Waals surface area contributed by atoms with E-state index >= 15 is 0 Å². The van der Waals surface area contributed by atoms with Gasteiger partial charge < -0.3 is 43.2 Å². The van der Waals surface area contributed by atoms with E-state index in [1.165, 1.54) is 83.5 Å². The molecule has 356 valence electrons. The fourth-order valence-corrected chi connectivity index (χ4v) is 8.12. The third-order valence-electron chi connectivity index (χ3n) is 11.2. The highest BCUT2D eigenvalue weighted by atomic mass is 31.2. The molecule has 12 nitrogen and oxygen atoms in total. The van der Waals surface area contributed by atoms with Crippen LogP contribution in [0.15, 0.2) is 36.5 Å². The van der Waals surface area contributed by atoms with E-state index in [1.54, 1.807) is 24.3 Å². The van der Waals surface area contributed by atoms with Gasteiger partial charge in [0.1, 0.15) is 19.8 Å². The standard InChI is InChI=1S/C48H88NO11P/c1-6-8-10-11-12-13-14-15-16-17-18-19-20-21-22-23-24-25-27-33-48(54)60-42(40-59-61(55,56)58-37-36-49(3,4)5)39-57-47(53)32-29-28-31-43-44(46(52)38-45(43)51)35-34-41(50)30-26-9-7-2/h15-16,28-29,34-35,41-46,50-52H,6-14,17-27,30-33,36-40H2,1-5H3/b16-15-,29-28-,35-34+/t41-,42-,43+,44-,45+,46-/m1/s1. The topological polar surface area (TPSA) is 172 Å². The molecule has 0 aromatic carbocycles. The molecule has 0 saturated heterocycles. The van der Waals surface area contributed by atoms with Crippen LogP contribution >= 0.6 is 7.82 Å². The zero-order valence-corrected chi connectivity index (χ0v) is 39.8. The number of aliphatic hydroxyl groups is 3. The summed E-state index contributed by atoms with van der Waals surface area (Å²) in [5.74, 6) is -1.74. The first-order valence-corrected chi connectivity index (χ1v) is 25.4. The Morgan fingerprint density at radius 3 is 1.92 bits per heavy atom. The van der Waals surface area contributed by atoms with Crippen molar-refractivity contribution < 1.29 is 57.4 Å². The number of nitrogens with zero attached hydrogens (tertiary/aromatic N) is 1. The van der Waals surface area contributed by atoms with Crippen LogP contribution in [0.25, 0.3) is 0 Å². The second-order valence-corrected chi connectivity index (χ2v) is 19.5. The van der Waals surface area contributed by atoms with Crippen LogP contribution in [0.4, 0.5) is 0 Å². The molecule has 1 unspecified atom stereocenters. The summed E-state index contributed by atoms with van der Waals surface area (Å²) in [6, 6.07) is 0. The van der Waals surface area contributed by atoms with Crippen LogP contribution in [-0.4, -0.2) is 104 Å². The quantitative estimate of drug-likeness (QED) is 0.0177. The maximum absolute atomic E-state index is 12.8. The van der Waals surface area contributed by atoms with Crippen molar-refractivity contribution in [1.82, 2.24) is 0 Å². The zero-order valence-electron chi connectivity index (χ0n) is 38.9. The van der Waals surface area contributed by atoms with Crippen LogP contribution in [0.5, 0.6) is 0 Å². The van der Waals surface area contributed by atoms with Crippen molar-refractivity contribution >= 4 is 19.8 Å². The fourth-order valence-electron chi connectivity index (χ4n) is 7.39. The lowest BCUT2D eigenvalue weighted by atomic mass is 9.89. The second kappa shape index (κ2) is 35.5. The molecule has 0 aromatic heterocycles. The number of carbonyl (C=O) groups is 2. The number of ether oxygens (including phenoxy) is 2. The van der Waals surface area contributed by atoms with Gasteiger partial charge >= 0.3 is 11.9 Å². The predicted molar refractivity (Wildman–Crippen MR) is 242 cm³/mol. The van der Waals surface area contributed by atoms with Crippen LogP contribution in [-0.2, 0) is 32.7 Å². The fraction of sp³-hybridized carbons (Fsp3) is 0.833. The summed E-state index contributed by atoms with van der Waals surface area (Å²) >= 11 is 0. The Morgan fingerprint density at radius 2 is 1.31 bits per heavy atom. The Labute approximate surface area is 370 Å². The molecule has 1 rings (SSSR count). The van der Waals surface area contributed by atoms with Crippen molar-refractivity contribution in [1.29, 1.82) is 0 Å². The summed E-state index contributed by atoms with van der Waals surface area (Å²) < 4.78 is 33.9. The SMILES string of the molecule is CCCCCCCC/C=C\CCCCCCCCCCCC(=O)O[C@H](COC(=O)C/C=C\C[C@H]1[C@@H](/C=C/[C@H](O)CCCCC)[C@H](O)C[C@@H]1O)COP(=O)([O-])OCC[N+](C)(C)C. The Morgan fingerprint density at radius 1 is 0.738 bits per heavy atom. The number of phosphoric ester groups is 1. The number of allylic oxidation sites excluding steroid dienone is 3. The maximum Gasteiger partial charge on any atom is 0.309 e. The van der Waals surface area contributed by atoms with Gasteiger partial charge in [0.15, 0.2) is 6.10 Å². The third kappa shape index (κ3) is 32.4. The lowest BCUT2D eigenvalue weighted by Crippen LogP contribution is -2.37. The predicted octanol–water partition coefficient (Wildman–Crippen LogP) is 9.44. The molecule has 0 heterocycles. The van der Waals surface area contributed by atoms with Crippen LogP contribution in [0.2, 0.25) is 0 Å². The minimum Gasteiger partial charge on any atom is -0.756 e. The number of esters is 2. The van der Waals surface area contributed by atoms with E-state index in [-0.39, 0.29) is 37.7 Å². The molecule has 0 radical (unpaired) electrons.